The highest BCUT2D eigenvalue weighted by Gasteiger charge is 2.14. The minimum absolute atomic E-state index is 0.248. The molecule has 0 saturated heterocycles. The van der Waals surface area contributed by atoms with Crippen molar-refractivity contribution in [3.05, 3.63) is 76.2 Å². The zero-order valence-electron chi connectivity index (χ0n) is 12.8. The summed E-state index contributed by atoms with van der Waals surface area (Å²) in [5, 5.41) is 4.18. The van der Waals surface area contributed by atoms with Gasteiger partial charge in [0.2, 0.25) is 0 Å². The normalized spacial score (nSPS) is 11.8. The van der Waals surface area contributed by atoms with E-state index in [4.69, 9.17) is 27.9 Å². The molecule has 0 saturated carbocycles. The molecule has 0 aliphatic heterocycles. The summed E-state index contributed by atoms with van der Waals surface area (Å²) in [6.07, 6.45) is 0.468. The van der Waals surface area contributed by atoms with Crippen LogP contribution in [0.2, 0.25) is 10.0 Å². The molecule has 0 fully saturated rings. The van der Waals surface area contributed by atoms with E-state index in [-0.39, 0.29) is 11.9 Å². The van der Waals surface area contributed by atoms with Crippen LogP contribution in [0.15, 0.2) is 54.7 Å². The molecule has 0 aliphatic rings. The van der Waals surface area contributed by atoms with Gasteiger partial charge in [0.25, 0.3) is 0 Å². The fraction of sp³-hybridized carbons (Fsp3) is 0.222. The lowest BCUT2D eigenvalue weighted by molar-refractivity contribution is 0.224. The van der Waals surface area contributed by atoms with Crippen molar-refractivity contribution in [3.8, 4) is 5.75 Å². The van der Waals surface area contributed by atoms with Crippen molar-refractivity contribution in [2.75, 3.05) is 0 Å². The van der Waals surface area contributed by atoms with Gasteiger partial charge in [-0.25, -0.2) is 4.39 Å². The van der Waals surface area contributed by atoms with Crippen LogP contribution < -0.4 is 10.1 Å². The lowest BCUT2D eigenvalue weighted by atomic mass is 10.2. The lowest BCUT2D eigenvalue weighted by Gasteiger charge is -2.22. The topological polar surface area (TPSA) is 21.3 Å². The molecular formula is C18H18Cl2FNO. The van der Waals surface area contributed by atoms with Gasteiger partial charge in [0.1, 0.15) is 17.7 Å². The summed E-state index contributed by atoms with van der Waals surface area (Å²) in [5.74, 6) is 0.294. The van der Waals surface area contributed by atoms with Crippen molar-refractivity contribution < 1.29 is 9.13 Å². The third kappa shape index (κ3) is 5.15. The number of benzene rings is 2. The number of ether oxygens (including phenoxy) is 1. The van der Waals surface area contributed by atoms with Crippen LogP contribution in [0.1, 0.15) is 18.9 Å². The largest absolute Gasteiger partial charge is 0.483 e. The first-order valence-electron chi connectivity index (χ1n) is 7.28. The fourth-order valence-corrected chi connectivity index (χ4v) is 2.55. The molecule has 5 heteroatoms. The van der Waals surface area contributed by atoms with Crippen LogP contribution in [0.25, 0.3) is 0 Å². The Morgan fingerprint density at radius 2 is 2.04 bits per heavy atom. The molecule has 1 unspecified atom stereocenters. The van der Waals surface area contributed by atoms with E-state index in [1.807, 2.05) is 13.0 Å². The van der Waals surface area contributed by atoms with Crippen molar-refractivity contribution in [2.24, 2.45) is 0 Å². The molecule has 0 heterocycles. The number of halogens is 3. The smallest absolute Gasteiger partial charge is 0.139 e. The molecule has 2 rings (SSSR count). The molecule has 0 aromatic heterocycles. The minimum Gasteiger partial charge on any atom is -0.483 e. The number of nitrogens with one attached hydrogen (secondary N) is 1. The van der Waals surface area contributed by atoms with Crippen LogP contribution >= 0.6 is 23.2 Å². The Balaban J connectivity index is 1.98. The molecule has 1 atom stereocenters. The molecule has 0 amide bonds. The van der Waals surface area contributed by atoms with Crippen LogP contribution in [0.3, 0.4) is 0 Å². The van der Waals surface area contributed by atoms with Gasteiger partial charge in [-0.3, -0.25) is 0 Å². The second kappa shape index (κ2) is 8.23. The van der Waals surface area contributed by atoms with Gasteiger partial charge in [0, 0.05) is 17.3 Å². The highest BCUT2D eigenvalue weighted by atomic mass is 35.5. The van der Waals surface area contributed by atoms with Crippen LogP contribution in [0.5, 0.6) is 5.75 Å². The average Bonchev–Trinajstić information content (AvgIpc) is 2.52. The Morgan fingerprint density at radius 1 is 1.26 bits per heavy atom. The van der Waals surface area contributed by atoms with E-state index in [0.717, 1.165) is 5.56 Å². The molecular weight excluding hydrogens is 336 g/mol. The first-order valence-corrected chi connectivity index (χ1v) is 8.04. The summed E-state index contributed by atoms with van der Waals surface area (Å²) in [4.78, 5) is 0. The highest BCUT2D eigenvalue weighted by molar-refractivity contribution is 6.35. The first-order chi connectivity index (χ1) is 11.0. The van der Waals surface area contributed by atoms with E-state index in [1.165, 1.54) is 12.1 Å². The summed E-state index contributed by atoms with van der Waals surface area (Å²) >= 11 is 12.0. The fourth-order valence-electron chi connectivity index (χ4n) is 2.10. The third-order valence-corrected chi connectivity index (χ3v) is 3.86. The van der Waals surface area contributed by atoms with Gasteiger partial charge in [0.05, 0.1) is 5.02 Å². The van der Waals surface area contributed by atoms with Crippen molar-refractivity contribution in [3.63, 3.8) is 0 Å². The second-order valence-corrected chi connectivity index (χ2v) is 5.94. The van der Waals surface area contributed by atoms with Crippen molar-refractivity contribution in [2.45, 2.75) is 26.0 Å². The van der Waals surface area contributed by atoms with Gasteiger partial charge >= 0.3 is 0 Å². The molecule has 0 bridgehead atoms. The average molecular weight is 354 g/mol. The van der Waals surface area contributed by atoms with E-state index in [2.05, 4.69) is 11.9 Å². The lowest BCUT2D eigenvalue weighted by Crippen LogP contribution is -2.27. The third-order valence-electron chi connectivity index (χ3n) is 3.33. The van der Waals surface area contributed by atoms with Crippen molar-refractivity contribution >= 4 is 23.2 Å². The molecule has 0 radical (unpaired) electrons. The van der Waals surface area contributed by atoms with E-state index < -0.39 is 0 Å². The Kier molecular flexibility index (Phi) is 6.31. The van der Waals surface area contributed by atoms with E-state index >= 15 is 0 Å². The van der Waals surface area contributed by atoms with E-state index in [0.29, 0.717) is 34.5 Å². The number of hydrogen-bond donors (Lipinski definition) is 1. The van der Waals surface area contributed by atoms with Gasteiger partial charge in [-0.2, -0.15) is 0 Å². The summed E-state index contributed by atoms with van der Waals surface area (Å²) in [5.41, 5.74) is 1.55. The van der Waals surface area contributed by atoms with Crippen molar-refractivity contribution in [1.82, 2.24) is 5.32 Å². The molecule has 0 spiro atoms. The Bertz CT molecular complexity index is 690. The van der Waals surface area contributed by atoms with Gasteiger partial charge in [0.15, 0.2) is 0 Å². The quantitative estimate of drug-likeness (QED) is 0.699. The minimum atomic E-state index is -0.258. The molecule has 1 N–H and O–H groups in total. The standard InChI is InChI=1S/C18H18Cl2FNO/c1-3-17(23-18-8-7-14(19)10-16(18)20)12(2)22-11-13-5-4-6-15(21)9-13/h4-10,17,22H,2-3,11H2,1H3. The zero-order valence-corrected chi connectivity index (χ0v) is 14.3. The highest BCUT2D eigenvalue weighted by Crippen LogP contribution is 2.29. The number of rotatable bonds is 7. The molecule has 0 aliphatic carbocycles. The van der Waals surface area contributed by atoms with Crippen LogP contribution in [-0.4, -0.2) is 6.10 Å². The SMILES string of the molecule is C=C(NCc1cccc(F)c1)C(CC)Oc1ccc(Cl)cc1Cl. The van der Waals surface area contributed by atoms with Crippen LogP contribution in [0, 0.1) is 5.82 Å². The summed E-state index contributed by atoms with van der Waals surface area (Å²) in [7, 11) is 0. The van der Waals surface area contributed by atoms with Crippen LogP contribution in [0.4, 0.5) is 4.39 Å². The maximum absolute atomic E-state index is 13.2. The second-order valence-electron chi connectivity index (χ2n) is 5.10. The molecule has 23 heavy (non-hydrogen) atoms. The maximum atomic E-state index is 13.2. The summed E-state index contributed by atoms with van der Waals surface area (Å²) in [6, 6.07) is 11.5. The Morgan fingerprint density at radius 3 is 2.70 bits per heavy atom. The predicted octanol–water partition coefficient (Wildman–Crippen LogP) is 5.59. The van der Waals surface area contributed by atoms with Crippen molar-refractivity contribution in [1.29, 1.82) is 0 Å². The zero-order chi connectivity index (χ0) is 16.8. The molecule has 122 valence electrons. The summed E-state index contributed by atoms with van der Waals surface area (Å²) in [6.45, 7) is 6.47. The van der Waals surface area contributed by atoms with Gasteiger partial charge < -0.3 is 10.1 Å². The Labute approximate surface area is 145 Å². The van der Waals surface area contributed by atoms with Gasteiger partial charge in [-0.1, -0.05) is 48.8 Å². The summed E-state index contributed by atoms with van der Waals surface area (Å²) < 4.78 is 19.1. The predicted molar refractivity (Wildman–Crippen MR) is 93.5 cm³/mol. The molecule has 2 nitrogen and oxygen atoms in total. The Hall–Kier alpha value is -1.71. The van der Waals surface area contributed by atoms with Gasteiger partial charge in [-0.15, -0.1) is 0 Å². The number of hydrogen-bond acceptors (Lipinski definition) is 2. The monoisotopic (exact) mass is 353 g/mol. The van der Waals surface area contributed by atoms with Crippen LogP contribution in [-0.2, 0) is 6.54 Å². The maximum Gasteiger partial charge on any atom is 0.139 e. The van der Waals surface area contributed by atoms with E-state index in [9.17, 15) is 4.39 Å². The molecule has 2 aromatic carbocycles. The first kappa shape index (κ1) is 17.6. The van der Waals surface area contributed by atoms with Gasteiger partial charge in [-0.05, 0) is 42.3 Å². The van der Waals surface area contributed by atoms with E-state index in [1.54, 1.807) is 24.3 Å². The molecule has 2 aromatic rings.